The van der Waals surface area contributed by atoms with Crippen molar-refractivity contribution in [1.29, 1.82) is 0 Å². The average molecular weight is 284 g/mol. The van der Waals surface area contributed by atoms with Gasteiger partial charge in [0, 0.05) is 18.5 Å². The van der Waals surface area contributed by atoms with Crippen LogP contribution in [0.25, 0.3) is 10.9 Å². The van der Waals surface area contributed by atoms with Crippen LogP contribution in [0.5, 0.6) is 0 Å². The summed E-state index contributed by atoms with van der Waals surface area (Å²) < 4.78 is 0. The quantitative estimate of drug-likeness (QED) is 0.916. The number of aryl methyl sites for hydroxylation is 2. The zero-order chi connectivity index (χ0) is 15.0. The van der Waals surface area contributed by atoms with Crippen molar-refractivity contribution in [2.24, 2.45) is 0 Å². The molecule has 0 amide bonds. The van der Waals surface area contributed by atoms with Gasteiger partial charge in [0.25, 0.3) is 0 Å². The molecule has 1 aliphatic heterocycles. The van der Waals surface area contributed by atoms with E-state index >= 15 is 0 Å². The van der Waals surface area contributed by atoms with Crippen LogP contribution in [0.15, 0.2) is 18.2 Å². The zero-order valence-electron chi connectivity index (χ0n) is 12.5. The number of fused-ring (bicyclic) bond motifs is 1. The van der Waals surface area contributed by atoms with Crippen molar-refractivity contribution in [3.05, 3.63) is 34.9 Å². The Balaban J connectivity index is 2.18. The lowest BCUT2D eigenvalue weighted by Crippen LogP contribution is -2.31. The van der Waals surface area contributed by atoms with Crippen molar-refractivity contribution >= 4 is 22.7 Å². The highest BCUT2D eigenvalue weighted by Gasteiger charge is 2.20. The van der Waals surface area contributed by atoms with E-state index < -0.39 is 5.97 Å². The van der Waals surface area contributed by atoms with Crippen LogP contribution < -0.4 is 4.90 Å². The fourth-order valence-corrected chi connectivity index (χ4v) is 2.93. The molecule has 1 fully saturated rings. The van der Waals surface area contributed by atoms with Gasteiger partial charge in [-0.3, -0.25) is 0 Å². The van der Waals surface area contributed by atoms with Crippen molar-refractivity contribution in [1.82, 2.24) is 4.98 Å². The Labute approximate surface area is 124 Å². The smallest absolute Gasteiger partial charge is 0.339 e. The molecule has 0 radical (unpaired) electrons. The first kappa shape index (κ1) is 13.9. The first-order chi connectivity index (χ1) is 10.1. The minimum Gasteiger partial charge on any atom is -0.478 e. The van der Waals surface area contributed by atoms with E-state index in [1.54, 1.807) is 6.07 Å². The normalized spacial score (nSPS) is 15.4. The van der Waals surface area contributed by atoms with E-state index in [-0.39, 0.29) is 0 Å². The lowest BCUT2D eigenvalue weighted by Gasteiger charge is -2.29. The van der Waals surface area contributed by atoms with Gasteiger partial charge in [0.2, 0.25) is 0 Å². The SMILES string of the molecule is Cc1cc2cc(C(=O)O)c(N3CCCCC3)nc2cc1C. The van der Waals surface area contributed by atoms with E-state index in [1.807, 2.05) is 19.1 Å². The van der Waals surface area contributed by atoms with Gasteiger partial charge in [-0.15, -0.1) is 0 Å². The molecule has 0 atom stereocenters. The molecule has 21 heavy (non-hydrogen) atoms. The van der Waals surface area contributed by atoms with Crippen LogP contribution >= 0.6 is 0 Å². The largest absolute Gasteiger partial charge is 0.478 e. The molecule has 1 aromatic carbocycles. The molecule has 0 bridgehead atoms. The number of aromatic nitrogens is 1. The number of carboxylic acid groups (broad SMARTS) is 1. The molecular weight excluding hydrogens is 264 g/mol. The Morgan fingerprint density at radius 1 is 1.10 bits per heavy atom. The highest BCUT2D eigenvalue weighted by molar-refractivity contribution is 5.98. The number of aromatic carboxylic acids is 1. The lowest BCUT2D eigenvalue weighted by atomic mass is 10.0. The average Bonchev–Trinajstić information content (AvgIpc) is 2.48. The highest BCUT2D eigenvalue weighted by Crippen LogP contribution is 2.27. The number of benzene rings is 1. The predicted octanol–water partition coefficient (Wildman–Crippen LogP) is 3.54. The van der Waals surface area contributed by atoms with Crippen LogP contribution in [0, 0.1) is 13.8 Å². The number of pyridine rings is 1. The van der Waals surface area contributed by atoms with Gasteiger partial charge < -0.3 is 10.0 Å². The Morgan fingerprint density at radius 3 is 2.43 bits per heavy atom. The van der Waals surface area contributed by atoms with E-state index in [1.165, 1.54) is 12.0 Å². The van der Waals surface area contributed by atoms with Crippen LogP contribution in [0.1, 0.15) is 40.7 Å². The van der Waals surface area contributed by atoms with Gasteiger partial charge >= 0.3 is 5.97 Å². The standard InChI is InChI=1S/C17H20N2O2/c1-11-8-13-10-14(17(20)21)16(18-15(13)9-12(11)2)19-6-4-3-5-7-19/h8-10H,3-7H2,1-2H3,(H,20,21). The molecule has 0 aliphatic carbocycles. The van der Waals surface area contributed by atoms with E-state index in [0.717, 1.165) is 42.4 Å². The summed E-state index contributed by atoms with van der Waals surface area (Å²) in [7, 11) is 0. The van der Waals surface area contributed by atoms with Crippen LogP contribution in [-0.2, 0) is 0 Å². The predicted molar refractivity (Wildman–Crippen MR) is 84.2 cm³/mol. The summed E-state index contributed by atoms with van der Waals surface area (Å²) in [4.78, 5) is 18.4. The number of piperidine rings is 1. The van der Waals surface area contributed by atoms with Crippen LogP contribution in [-0.4, -0.2) is 29.1 Å². The van der Waals surface area contributed by atoms with Crippen molar-refractivity contribution in [3.8, 4) is 0 Å². The second-order valence-electron chi connectivity index (χ2n) is 5.84. The van der Waals surface area contributed by atoms with Crippen molar-refractivity contribution < 1.29 is 9.90 Å². The monoisotopic (exact) mass is 284 g/mol. The molecular formula is C17H20N2O2. The first-order valence-corrected chi connectivity index (χ1v) is 7.46. The molecule has 0 unspecified atom stereocenters. The Bertz CT molecular complexity index is 703. The zero-order valence-corrected chi connectivity index (χ0v) is 12.5. The molecule has 0 spiro atoms. The molecule has 2 heterocycles. The van der Waals surface area contributed by atoms with Crippen molar-refractivity contribution in [3.63, 3.8) is 0 Å². The number of carbonyl (C=O) groups is 1. The third-order valence-electron chi connectivity index (χ3n) is 4.30. The minimum atomic E-state index is -0.900. The third-order valence-corrected chi connectivity index (χ3v) is 4.30. The van der Waals surface area contributed by atoms with E-state index in [2.05, 4.69) is 16.8 Å². The van der Waals surface area contributed by atoms with Crippen molar-refractivity contribution in [2.45, 2.75) is 33.1 Å². The number of carboxylic acids is 1. The Hall–Kier alpha value is -2.10. The fourth-order valence-electron chi connectivity index (χ4n) is 2.93. The molecule has 3 rings (SSSR count). The minimum absolute atomic E-state index is 0.313. The molecule has 4 heteroatoms. The van der Waals surface area contributed by atoms with E-state index in [4.69, 9.17) is 0 Å². The van der Waals surface area contributed by atoms with Crippen LogP contribution in [0.3, 0.4) is 0 Å². The Morgan fingerprint density at radius 2 is 1.76 bits per heavy atom. The molecule has 1 N–H and O–H groups in total. The van der Waals surface area contributed by atoms with Gasteiger partial charge in [-0.2, -0.15) is 0 Å². The van der Waals surface area contributed by atoms with E-state index in [0.29, 0.717) is 11.4 Å². The summed E-state index contributed by atoms with van der Waals surface area (Å²) in [5.74, 6) is -0.277. The number of rotatable bonds is 2. The maximum Gasteiger partial charge on any atom is 0.339 e. The second-order valence-corrected chi connectivity index (χ2v) is 5.84. The van der Waals surface area contributed by atoms with Crippen LogP contribution in [0.2, 0.25) is 0 Å². The van der Waals surface area contributed by atoms with Crippen LogP contribution in [0.4, 0.5) is 5.82 Å². The number of anilines is 1. The molecule has 1 saturated heterocycles. The molecule has 4 nitrogen and oxygen atoms in total. The Kier molecular flexibility index (Phi) is 3.53. The van der Waals surface area contributed by atoms with E-state index in [9.17, 15) is 9.90 Å². The number of nitrogens with zero attached hydrogens (tertiary/aromatic N) is 2. The maximum absolute atomic E-state index is 11.6. The number of hydrogen-bond donors (Lipinski definition) is 1. The maximum atomic E-state index is 11.6. The van der Waals surface area contributed by atoms with Crippen molar-refractivity contribution in [2.75, 3.05) is 18.0 Å². The fraction of sp³-hybridized carbons (Fsp3) is 0.412. The molecule has 110 valence electrons. The van der Waals surface area contributed by atoms with Gasteiger partial charge in [-0.05, 0) is 62.4 Å². The summed E-state index contributed by atoms with van der Waals surface area (Å²) >= 11 is 0. The summed E-state index contributed by atoms with van der Waals surface area (Å²) in [6.07, 6.45) is 3.42. The summed E-state index contributed by atoms with van der Waals surface area (Å²) in [5.41, 5.74) is 3.53. The van der Waals surface area contributed by atoms with Gasteiger partial charge in [-0.25, -0.2) is 9.78 Å². The van der Waals surface area contributed by atoms with Gasteiger partial charge in [0.05, 0.1) is 5.52 Å². The summed E-state index contributed by atoms with van der Waals surface area (Å²) in [5, 5.41) is 10.4. The number of hydrogen-bond acceptors (Lipinski definition) is 3. The van der Waals surface area contributed by atoms with Gasteiger partial charge in [0.15, 0.2) is 0 Å². The molecule has 1 aromatic heterocycles. The molecule has 1 aliphatic rings. The molecule has 0 saturated carbocycles. The van der Waals surface area contributed by atoms with Gasteiger partial charge in [-0.1, -0.05) is 0 Å². The summed E-state index contributed by atoms with van der Waals surface area (Å²) in [6, 6.07) is 5.83. The topological polar surface area (TPSA) is 53.4 Å². The third kappa shape index (κ3) is 2.58. The summed E-state index contributed by atoms with van der Waals surface area (Å²) in [6.45, 7) is 5.88. The van der Waals surface area contributed by atoms with Gasteiger partial charge in [0.1, 0.15) is 11.4 Å². The first-order valence-electron chi connectivity index (χ1n) is 7.46. The second kappa shape index (κ2) is 5.35. The molecule has 2 aromatic rings. The lowest BCUT2D eigenvalue weighted by molar-refractivity contribution is 0.0697. The highest BCUT2D eigenvalue weighted by atomic mass is 16.4.